The molecule has 42 heteroatoms. The number of thiazole rings is 4. The number of benzene rings is 1. The largest absolute Gasteiger partial charge is 0.483 e. The van der Waals surface area contributed by atoms with Gasteiger partial charge in [0.15, 0.2) is 43.7 Å². The zero-order valence-electron chi connectivity index (χ0n) is 84.6. The quantitative estimate of drug-likeness (QED) is 0.0254. The third-order valence-electron chi connectivity index (χ3n) is 28.7. The molecular formula is C104H138F11N15O11S5. The molecule has 3 saturated carbocycles. The van der Waals surface area contributed by atoms with Crippen LogP contribution in [0.2, 0.25) is 0 Å². The SMILES string of the molecule is CN1Cc2cc(CC(=O)CC3CCC(F)(CCN4CCc5nc(OCC(F)F)sc5CC4)CC3)ccc2C1=O.Cc1ncc(OCC(=O)CC2CCC(CCN3CCc4nc(OCC(C)(F)F)sc4CC3)OC2)cn1.Cc1nnc(CC(=O)CC2CCC(F)(CCN3CCc4nc(OCC(C)(F)F)sc4CC3)CC2)s1.Cn1cc(C=CC(=O)CC2CCC(F)(CCN3CCc4nc(OCC(C)(F)F)sc4CC3)CC2)cn1. The van der Waals surface area contributed by atoms with E-state index in [-0.39, 0.29) is 65.4 Å². The molecule has 8 aromatic rings. The summed E-state index contributed by atoms with van der Waals surface area (Å²) in [6.07, 6.45) is 28.3. The minimum absolute atomic E-state index is 0.0258. The molecule has 802 valence electrons. The molecule has 4 fully saturated rings. The van der Waals surface area contributed by atoms with Crippen molar-refractivity contribution < 1.29 is 101 Å². The lowest BCUT2D eigenvalue weighted by atomic mass is 9.76. The monoisotopic (exact) mass is 2140 g/mol. The molecule has 1 aromatic carbocycles. The van der Waals surface area contributed by atoms with Gasteiger partial charge in [0.2, 0.25) is 0 Å². The Kier molecular flexibility index (Phi) is 40.7. The first-order chi connectivity index (χ1) is 69.5. The Balaban J connectivity index is 0.000000154. The fraction of sp³-hybridized carbons (Fsp3) is 0.673. The molecule has 3 aliphatic carbocycles. The van der Waals surface area contributed by atoms with Crippen molar-refractivity contribution in [1.29, 1.82) is 0 Å². The van der Waals surface area contributed by atoms with Gasteiger partial charge in [0.1, 0.15) is 51.0 Å². The average Bonchev–Trinajstić information content (AvgIpc) is 1.66. The fourth-order valence-corrected chi connectivity index (χ4v) is 24.8. The highest BCUT2D eigenvalue weighted by Gasteiger charge is 2.42. The van der Waals surface area contributed by atoms with Gasteiger partial charge in [0.25, 0.3) is 50.9 Å². The molecule has 0 spiro atoms. The van der Waals surface area contributed by atoms with E-state index in [4.69, 9.17) is 28.4 Å². The van der Waals surface area contributed by atoms with E-state index in [0.29, 0.717) is 174 Å². The number of fused-ring (bicyclic) bond motifs is 5. The standard InChI is InChI=1S/C29H36F3N3O3S.C26H35F3N4O2S.C25H34F2N4O4S.C24H33F3N4O2S2/c1-34-17-21-14-20(2-3-23(21)27(34)37)16-22(36)15-19-4-8-29(32,9-5-19)10-13-35-11-6-24-25(7-12-35)39-28(33-24)38-18-26(30)31;1-25(27,28)18-35-24-31-22-7-12-33(13-8-23(22)36-24)14-11-26(29)9-5-19(6-10-26)15-21(34)4-3-20-16-30-32(2)17-20;1-17-28-12-21(13-29-17)34-15-19(32)11-18-3-4-20(33-14-18)5-8-31-9-6-22-23(7-10-31)36-24(30-22)35-16-25(2,26)27;1-16-29-30-21(34-16)14-18(32)13-17-3-7-24(27,8-4-17)9-12-31-10-5-19-20(6-11-31)35-22(28-19)33-15-23(2,25)26/h2-3,14,19,26H,4-13,15-18H2,1H3;3-4,16-17,19H,5-15,18H2,1-2H3;12-13,18,20H,3-11,14-16H2,1-2H3;17H,3-15H2,1-2H3. The van der Waals surface area contributed by atoms with E-state index in [2.05, 4.69) is 64.8 Å². The van der Waals surface area contributed by atoms with Crippen molar-refractivity contribution >= 4 is 91.8 Å². The summed E-state index contributed by atoms with van der Waals surface area (Å²) >= 11 is 6.86. The lowest BCUT2D eigenvalue weighted by molar-refractivity contribution is -0.124. The maximum Gasteiger partial charge on any atom is 0.278 e. The second kappa shape index (κ2) is 52.5. The first-order valence-electron chi connectivity index (χ1n) is 51.3. The van der Waals surface area contributed by atoms with E-state index in [1.165, 1.54) is 56.7 Å². The zero-order valence-corrected chi connectivity index (χ0v) is 88.7. The van der Waals surface area contributed by atoms with Gasteiger partial charge in [0, 0.05) is 215 Å². The molecule has 146 heavy (non-hydrogen) atoms. The Bertz CT molecular complexity index is 5470. The molecular weight excluding hydrogens is 2000 g/mol. The van der Waals surface area contributed by atoms with E-state index in [9.17, 15) is 59.1 Å². The summed E-state index contributed by atoms with van der Waals surface area (Å²) in [7, 11) is 3.61. The molecule has 17 rings (SSSR count). The minimum Gasteiger partial charge on any atom is -0.483 e. The lowest BCUT2D eigenvalue weighted by Crippen LogP contribution is -2.36. The van der Waals surface area contributed by atoms with Crippen LogP contribution in [0.4, 0.5) is 48.3 Å². The van der Waals surface area contributed by atoms with Crippen LogP contribution in [-0.2, 0) is 102 Å². The smallest absolute Gasteiger partial charge is 0.278 e. The highest BCUT2D eigenvalue weighted by Crippen LogP contribution is 2.45. The topological polar surface area (TPSA) is 278 Å². The number of carbonyl (C=O) groups excluding carboxylic acids is 5. The van der Waals surface area contributed by atoms with Gasteiger partial charge < -0.3 is 52.9 Å². The summed E-state index contributed by atoms with van der Waals surface area (Å²) in [6.45, 7) is 14.3. The minimum atomic E-state index is -2.88. The van der Waals surface area contributed by atoms with Crippen molar-refractivity contribution in [2.24, 2.45) is 30.7 Å². The van der Waals surface area contributed by atoms with Crippen LogP contribution in [0, 0.1) is 37.5 Å². The fourth-order valence-electron chi connectivity index (χ4n) is 20.3. The Morgan fingerprint density at radius 1 is 0.514 bits per heavy atom. The molecule has 6 aliphatic heterocycles. The molecule has 2 unspecified atom stereocenters. The molecule has 0 radical (unpaired) electrons. The number of nitrogens with zero attached hydrogens (tertiary/aromatic N) is 15. The van der Waals surface area contributed by atoms with Crippen LogP contribution in [0.15, 0.2) is 49.1 Å². The predicted octanol–water partition coefficient (Wildman–Crippen LogP) is 19.7. The number of Topliss-reactive ketones (excluding diaryl/α,β-unsaturated/α-hetero) is 3. The van der Waals surface area contributed by atoms with Gasteiger partial charge in [0.05, 0.1) is 60.5 Å². The zero-order chi connectivity index (χ0) is 104. The number of rotatable bonds is 41. The van der Waals surface area contributed by atoms with E-state index in [1.807, 2.05) is 38.4 Å². The number of alkyl halides is 11. The van der Waals surface area contributed by atoms with Gasteiger partial charge in [-0.25, -0.2) is 78.2 Å². The number of aryl methyl sites for hydroxylation is 3. The van der Waals surface area contributed by atoms with Crippen molar-refractivity contribution in [3.8, 4) is 26.5 Å². The second-order valence-electron chi connectivity index (χ2n) is 41.4. The molecule has 7 aromatic heterocycles. The van der Waals surface area contributed by atoms with Gasteiger partial charge in [-0.1, -0.05) is 57.5 Å². The number of ether oxygens (including phenoxy) is 6. The summed E-state index contributed by atoms with van der Waals surface area (Å²) in [6, 6.07) is 5.67. The number of carbonyl (C=O) groups is 5. The Morgan fingerprint density at radius 2 is 0.945 bits per heavy atom. The van der Waals surface area contributed by atoms with Crippen LogP contribution >= 0.6 is 56.7 Å². The van der Waals surface area contributed by atoms with Crippen LogP contribution in [0.25, 0.3) is 6.08 Å². The first-order valence-corrected chi connectivity index (χ1v) is 55.4. The maximum absolute atomic E-state index is 15.7. The Labute approximate surface area is 867 Å². The van der Waals surface area contributed by atoms with Crippen molar-refractivity contribution in [2.75, 3.05) is 125 Å². The average molecular weight is 2140 g/mol. The molecule has 2 atom stereocenters. The van der Waals surface area contributed by atoms with Crippen LogP contribution in [0.3, 0.4) is 0 Å². The van der Waals surface area contributed by atoms with Crippen molar-refractivity contribution in [3.63, 3.8) is 0 Å². The number of hydrogen-bond donors (Lipinski definition) is 0. The van der Waals surface area contributed by atoms with Gasteiger partial charge in [-0.05, 0) is 208 Å². The van der Waals surface area contributed by atoms with Crippen LogP contribution < -0.4 is 23.7 Å². The summed E-state index contributed by atoms with van der Waals surface area (Å²) in [5, 5.41) is 15.0. The van der Waals surface area contributed by atoms with E-state index in [1.54, 1.807) is 54.3 Å². The Morgan fingerprint density at radius 3 is 1.36 bits per heavy atom. The number of amides is 1. The second-order valence-corrected chi connectivity index (χ2v) is 46.9. The van der Waals surface area contributed by atoms with Gasteiger partial charge >= 0.3 is 0 Å². The normalized spacial score (nSPS) is 22.9. The number of allylic oxidation sites excluding steroid dienone is 1. The van der Waals surface area contributed by atoms with E-state index >= 15 is 13.2 Å². The Hall–Kier alpha value is -8.49. The third kappa shape index (κ3) is 36.7. The third-order valence-corrected chi connectivity index (χ3v) is 33.8. The highest BCUT2D eigenvalue weighted by atomic mass is 32.1. The summed E-state index contributed by atoms with van der Waals surface area (Å²) in [5.74, 6) is -5.99. The van der Waals surface area contributed by atoms with Crippen molar-refractivity contribution in [2.45, 2.75) is 294 Å². The molecule has 1 saturated heterocycles. The summed E-state index contributed by atoms with van der Waals surface area (Å²) in [4.78, 5) is 103. The van der Waals surface area contributed by atoms with Gasteiger partial charge in [-0.2, -0.15) is 5.10 Å². The van der Waals surface area contributed by atoms with E-state index < -0.39 is 67.6 Å². The lowest BCUT2D eigenvalue weighted by Gasteiger charge is -2.35. The van der Waals surface area contributed by atoms with Crippen LogP contribution in [0.5, 0.6) is 26.5 Å². The van der Waals surface area contributed by atoms with Gasteiger partial charge in [-0.15, -0.1) is 21.5 Å². The maximum atomic E-state index is 15.7. The number of aromatic nitrogens is 10. The molecule has 0 N–H and O–H groups in total. The van der Waals surface area contributed by atoms with Crippen LogP contribution in [-0.4, -0.2) is 276 Å². The van der Waals surface area contributed by atoms with E-state index in [0.717, 1.165) is 251 Å². The first kappa shape index (κ1) is 113. The predicted molar refractivity (Wildman–Crippen MR) is 539 cm³/mol. The molecule has 9 aliphatic rings. The highest BCUT2D eigenvalue weighted by molar-refractivity contribution is 7.14. The molecule has 1 amide bonds. The number of halogens is 11. The summed E-state index contributed by atoms with van der Waals surface area (Å²) < 4.78 is 184. The van der Waals surface area contributed by atoms with Crippen molar-refractivity contribution in [3.05, 3.63) is 129 Å². The molecule has 13 heterocycles. The number of ketones is 4. The van der Waals surface area contributed by atoms with Crippen LogP contribution in [0.1, 0.15) is 247 Å². The molecule has 26 nitrogen and oxygen atoms in total. The number of hydrogen-bond acceptors (Lipinski definition) is 29. The molecule has 0 bridgehead atoms. The van der Waals surface area contributed by atoms with Gasteiger partial charge in [-0.3, -0.25) is 28.7 Å². The van der Waals surface area contributed by atoms with Crippen molar-refractivity contribution in [1.82, 2.24) is 74.4 Å². The summed E-state index contributed by atoms with van der Waals surface area (Å²) in [5.41, 5.74) is 3.71.